The molecule has 0 spiro atoms. The second-order valence-electron chi connectivity index (χ2n) is 11.1. The number of nitrogens with one attached hydrogen (secondary N) is 1. The molecule has 4 nitrogen and oxygen atoms in total. The molecule has 0 unspecified atom stereocenters. The third-order valence-electron chi connectivity index (χ3n) is 8.27. The number of hydrogen-bond acceptors (Lipinski definition) is 4. The first kappa shape index (κ1) is 25.9. The summed E-state index contributed by atoms with van der Waals surface area (Å²) in [5.41, 5.74) is 7.53. The number of fused-ring (bicyclic) bond motifs is 2. The zero-order chi connectivity index (χ0) is 25.1. The zero-order valence-corrected chi connectivity index (χ0v) is 22.6. The number of allylic oxidation sites excluding steroid dienone is 10. The molecule has 1 aliphatic heterocycles. The molecule has 1 fully saturated rings. The molecule has 1 aromatic rings. The standard InChI is InChI=1S/C33H44N4/c1-2-9-15-21-28(20-14-8-1)36-33-35-25-27-24-34-31(26-18-12-6-5-7-13-19-26)29-22-16-10-3-4-11-17-23-30(29)32(27)37-33/h5-7,12-13,18-19,25,28H,1-4,8-11,14-17,20-24H2,(H,35,36,37)/b6-5-,7-5?,12-6?,13-7-,18-12-,19-13?,26-18?,26-19+. The van der Waals surface area contributed by atoms with Gasteiger partial charge in [-0.2, -0.15) is 0 Å². The molecule has 5 rings (SSSR count). The molecule has 196 valence electrons. The van der Waals surface area contributed by atoms with Crippen LogP contribution < -0.4 is 5.32 Å². The average molecular weight is 497 g/mol. The van der Waals surface area contributed by atoms with E-state index in [1.807, 2.05) is 0 Å². The molecule has 2 heterocycles. The number of aliphatic imine (C=N–C) groups is 1. The normalized spacial score (nSPS) is 26.2. The van der Waals surface area contributed by atoms with Crippen molar-refractivity contribution in [1.29, 1.82) is 0 Å². The summed E-state index contributed by atoms with van der Waals surface area (Å²) in [5.74, 6) is 0.813. The van der Waals surface area contributed by atoms with Crippen LogP contribution in [0.1, 0.15) is 114 Å². The molecule has 37 heavy (non-hydrogen) atoms. The van der Waals surface area contributed by atoms with Gasteiger partial charge in [0.1, 0.15) is 0 Å². The lowest BCUT2D eigenvalue weighted by atomic mass is 9.87. The molecule has 0 aromatic carbocycles. The smallest absolute Gasteiger partial charge is 0.223 e. The Hall–Kier alpha value is -2.75. The van der Waals surface area contributed by atoms with E-state index < -0.39 is 0 Å². The van der Waals surface area contributed by atoms with Crippen molar-refractivity contribution in [1.82, 2.24) is 9.97 Å². The molecule has 1 aromatic heterocycles. The van der Waals surface area contributed by atoms with Crippen LogP contribution in [-0.4, -0.2) is 21.7 Å². The van der Waals surface area contributed by atoms with Gasteiger partial charge in [0.05, 0.1) is 18.0 Å². The van der Waals surface area contributed by atoms with Gasteiger partial charge in [0, 0.05) is 17.8 Å². The third kappa shape index (κ3) is 7.18. The summed E-state index contributed by atoms with van der Waals surface area (Å²) in [7, 11) is 0. The Labute approximate surface area is 223 Å². The summed E-state index contributed by atoms with van der Waals surface area (Å²) in [6.45, 7) is 0.645. The van der Waals surface area contributed by atoms with Crippen molar-refractivity contribution in [3.05, 3.63) is 71.1 Å². The van der Waals surface area contributed by atoms with Crippen LogP contribution in [0.25, 0.3) is 5.57 Å². The van der Waals surface area contributed by atoms with Gasteiger partial charge in [0.25, 0.3) is 0 Å². The fourth-order valence-corrected chi connectivity index (χ4v) is 6.20. The van der Waals surface area contributed by atoms with Crippen LogP contribution in [0.15, 0.2) is 64.9 Å². The highest BCUT2D eigenvalue weighted by Gasteiger charge is 2.24. The zero-order valence-electron chi connectivity index (χ0n) is 22.6. The van der Waals surface area contributed by atoms with Crippen LogP contribution in [0.2, 0.25) is 0 Å². The Morgan fingerprint density at radius 1 is 0.676 bits per heavy atom. The Morgan fingerprint density at radius 2 is 1.32 bits per heavy atom. The lowest BCUT2D eigenvalue weighted by Crippen LogP contribution is -2.21. The highest BCUT2D eigenvalue weighted by Crippen LogP contribution is 2.36. The minimum Gasteiger partial charge on any atom is -0.351 e. The summed E-state index contributed by atoms with van der Waals surface area (Å²) in [6, 6.07) is 0.483. The SMILES string of the molecule is C1=C\C=C/C(C2=NCc3cnc(NC4CCCCCCCC4)nc3C3=C2CCCCCCCC3)=C\C=C/1. The predicted octanol–water partition coefficient (Wildman–Crippen LogP) is 8.84. The van der Waals surface area contributed by atoms with Crippen LogP contribution in [0.3, 0.4) is 0 Å². The van der Waals surface area contributed by atoms with Crippen molar-refractivity contribution in [3.8, 4) is 0 Å². The Bertz CT molecular complexity index is 1090. The van der Waals surface area contributed by atoms with Crippen molar-refractivity contribution in [3.63, 3.8) is 0 Å². The second kappa shape index (κ2) is 13.7. The highest BCUT2D eigenvalue weighted by molar-refractivity contribution is 6.18. The Balaban J connectivity index is 1.50. The molecule has 1 N–H and O–H groups in total. The lowest BCUT2D eigenvalue weighted by molar-refractivity contribution is 0.559. The summed E-state index contributed by atoms with van der Waals surface area (Å²) < 4.78 is 0. The van der Waals surface area contributed by atoms with Gasteiger partial charge in [-0.25, -0.2) is 9.97 Å². The maximum absolute atomic E-state index is 5.25. The van der Waals surface area contributed by atoms with E-state index in [1.165, 1.54) is 112 Å². The highest BCUT2D eigenvalue weighted by atomic mass is 15.1. The van der Waals surface area contributed by atoms with E-state index in [-0.39, 0.29) is 0 Å². The van der Waals surface area contributed by atoms with Gasteiger partial charge in [-0.05, 0) is 55.2 Å². The molecule has 0 saturated heterocycles. The van der Waals surface area contributed by atoms with Crippen LogP contribution >= 0.6 is 0 Å². The summed E-state index contributed by atoms with van der Waals surface area (Å²) in [4.78, 5) is 15.3. The van der Waals surface area contributed by atoms with E-state index in [1.54, 1.807) is 0 Å². The number of rotatable bonds is 3. The molecule has 3 aliphatic carbocycles. The van der Waals surface area contributed by atoms with Gasteiger partial charge in [-0.3, -0.25) is 4.99 Å². The monoisotopic (exact) mass is 496 g/mol. The van der Waals surface area contributed by atoms with Crippen molar-refractivity contribution >= 4 is 17.2 Å². The summed E-state index contributed by atoms with van der Waals surface area (Å²) in [6.07, 6.45) is 37.5. The quantitative estimate of drug-likeness (QED) is 0.455. The van der Waals surface area contributed by atoms with Crippen LogP contribution in [0.5, 0.6) is 0 Å². The first-order valence-electron chi connectivity index (χ1n) is 15.0. The summed E-state index contributed by atoms with van der Waals surface area (Å²) >= 11 is 0. The molecule has 4 heteroatoms. The van der Waals surface area contributed by atoms with Crippen LogP contribution in [0.4, 0.5) is 5.95 Å². The molecule has 0 bridgehead atoms. The number of aromatic nitrogens is 2. The average Bonchev–Trinajstić information content (AvgIpc) is 2.95. The van der Waals surface area contributed by atoms with Crippen LogP contribution in [-0.2, 0) is 6.54 Å². The lowest BCUT2D eigenvalue weighted by Gasteiger charge is -2.21. The van der Waals surface area contributed by atoms with Gasteiger partial charge < -0.3 is 5.32 Å². The number of anilines is 1. The van der Waals surface area contributed by atoms with Crippen LogP contribution in [0, 0.1) is 0 Å². The van der Waals surface area contributed by atoms with Crippen molar-refractivity contribution in [2.24, 2.45) is 4.99 Å². The predicted molar refractivity (Wildman–Crippen MR) is 157 cm³/mol. The fourth-order valence-electron chi connectivity index (χ4n) is 6.20. The molecule has 4 aliphatic rings. The first-order chi connectivity index (χ1) is 18.4. The van der Waals surface area contributed by atoms with E-state index in [0.29, 0.717) is 12.6 Å². The second-order valence-corrected chi connectivity index (χ2v) is 11.1. The van der Waals surface area contributed by atoms with Crippen molar-refractivity contribution < 1.29 is 0 Å². The fraction of sp³-hybridized carbons (Fsp3) is 0.545. The van der Waals surface area contributed by atoms with Crippen molar-refractivity contribution in [2.75, 3.05) is 5.32 Å². The molecule has 0 amide bonds. The maximum atomic E-state index is 5.25. The number of hydrogen-bond donors (Lipinski definition) is 1. The van der Waals surface area contributed by atoms with Gasteiger partial charge in [0.15, 0.2) is 0 Å². The molecular weight excluding hydrogens is 452 g/mol. The number of nitrogens with zero attached hydrogens (tertiary/aromatic N) is 3. The van der Waals surface area contributed by atoms with Crippen molar-refractivity contribution in [2.45, 2.75) is 115 Å². The minimum atomic E-state index is 0.483. The van der Waals surface area contributed by atoms with E-state index in [4.69, 9.17) is 15.0 Å². The van der Waals surface area contributed by atoms with Gasteiger partial charge in [-0.15, -0.1) is 0 Å². The van der Waals surface area contributed by atoms with Gasteiger partial charge >= 0.3 is 0 Å². The Kier molecular flexibility index (Phi) is 9.58. The molecule has 0 atom stereocenters. The maximum Gasteiger partial charge on any atom is 0.223 e. The largest absolute Gasteiger partial charge is 0.351 e. The van der Waals surface area contributed by atoms with E-state index >= 15 is 0 Å². The minimum absolute atomic E-state index is 0.483. The van der Waals surface area contributed by atoms with Gasteiger partial charge in [0.2, 0.25) is 5.95 Å². The molecule has 0 radical (unpaired) electrons. The topological polar surface area (TPSA) is 50.2 Å². The van der Waals surface area contributed by atoms with E-state index in [0.717, 1.165) is 30.2 Å². The summed E-state index contributed by atoms with van der Waals surface area (Å²) in [5, 5.41) is 3.76. The first-order valence-corrected chi connectivity index (χ1v) is 15.0. The van der Waals surface area contributed by atoms with E-state index in [2.05, 4.69) is 54.0 Å². The van der Waals surface area contributed by atoms with E-state index in [9.17, 15) is 0 Å². The molecule has 1 saturated carbocycles. The Morgan fingerprint density at radius 3 is 2.11 bits per heavy atom. The third-order valence-corrected chi connectivity index (χ3v) is 8.27. The molecular formula is C33H44N4. The van der Waals surface area contributed by atoms with Gasteiger partial charge in [-0.1, -0.05) is 107 Å².